The highest BCUT2D eigenvalue weighted by Gasteiger charge is 2.35. The molecule has 8 heteroatoms. The Morgan fingerprint density at radius 2 is 1.59 bits per heavy atom. The van der Waals surface area contributed by atoms with Gasteiger partial charge in [0, 0.05) is 0 Å². The van der Waals surface area contributed by atoms with Crippen molar-refractivity contribution in [2.75, 3.05) is 13.2 Å². The lowest BCUT2D eigenvalue weighted by Crippen LogP contribution is -2.35. The number of aliphatic imine (C=N–C) groups is 1. The number of thioether (sulfide) groups is 1. The maximum Gasteiger partial charge on any atom is 0.283 e. The first-order valence-corrected chi connectivity index (χ1v) is 14.7. The molecule has 1 amide bonds. The zero-order chi connectivity index (χ0) is 27.6. The van der Waals surface area contributed by atoms with E-state index in [1.807, 2.05) is 36.4 Å². The van der Waals surface area contributed by atoms with Crippen LogP contribution in [0.15, 0.2) is 64.2 Å². The van der Waals surface area contributed by atoms with Crippen LogP contribution < -0.4 is 9.47 Å². The summed E-state index contributed by atoms with van der Waals surface area (Å²) in [5.74, 6) is 1.74. The first kappa shape index (κ1) is 28.6. The van der Waals surface area contributed by atoms with Crippen LogP contribution >= 0.6 is 11.8 Å². The Hall–Kier alpha value is -3.39. The molecule has 4 rings (SSSR count). The number of ether oxygens (including phenoxy) is 2. The lowest BCUT2D eigenvalue weighted by Gasteiger charge is -2.20. The van der Waals surface area contributed by atoms with Crippen molar-refractivity contribution in [2.45, 2.75) is 71.6 Å². The van der Waals surface area contributed by atoms with Crippen LogP contribution in [0.3, 0.4) is 0 Å². The van der Waals surface area contributed by atoms with Gasteiger partial charge in [-0.05, 0) is 78.4 Å². The Morgan fingerprint density at radius 1 is 0.949 bits per heavy atom. The summed E-state index contributed by atoms with van der Waals surface area (Å²) >= 11 is 1.40. The second kappa shape index (κ2) is 14.1. The number of unbranched alkanes of at least 4 members (excludes halogenated alkanes) is 4. The molecule has 0 spiro atoms. The van der Waals surface area contributed by atoms with Crippen LogP contribution in [-0.2, 0) is 4.79 Å². The normalized spacial score (nSPS) is 16.7. The molecule has 206 valence electrons. The number of nitrogens with zero attached hydrogens (tertiary/aromatic N) is 3. The lowest BCUT2D eigenvalue weighted by molar-refractivity contribution is -0.114. The number of hydrogen-bond acceptors (Lipinski definition) is 6. The van der Waals surface area contributed by atoms with Gasteiger partial charge in [-0.1, -0.05) is 70.7 Å². The third-order valence-corrected chi connectivity index (χ3v) is 7.83. The second-order valence-corrected chi connectivity index (χ2v) is 10.9. The van der Waals surface area contributed by atoms with Crippen molar-refractivity contribution in [1.82, 2.24) is 5.01 Å². The van der Waals surface area contributed by atoms with Crippen molar-refractivity contribution >= 4 is 39.8 Å². The van der Waals surface area contributed by atoms with Gasteiger partial charge in [-0.3, -0.25) is 10.2 Å². The Bertz CT molecular complexity index is 1240. The van der Waals surface area contributed by atoms with Crippen molar-refractivity contribution in [1.29, 1.82) is 5.41 Å². The van der Waals surface area contributed by atoms with E-state index in [4.69, 9.17) is 14.9 Å². The van der Waals surface area contributed by atoms with Crippen LogP contribution in [0.4, 0.5) is 0 Å². The molecule has 2 aliphatic rings. The molecule has 0 aliphatic carbocycles. The van der Waals surface area contributed by atoms with Crippen LogP contribution in [0.25, 0.3) is 6.08 Å². The quantitative estimate of drug-likeness (QED) is 0.194. The van der Waals surface area contributed by atoms with E-state index in [2.05, 4.69) is 43.0 Å². The van der Waals surface area contributed by atoms with Gasteiger partial charge in [0.25, 0.3) is 5.91 Å². The molecule has 0 radical (unpaired) electrons. The lowest BCUT2D eigenvalue weighted by atomic mass is 9.99. The summed E-state index contributed by atoms with van der Waals surface area (Å²) < 4.78 is 11.6. The average Bonchev–Trinajstić information content (AvgIpc) is 3.36. The number of hydrogen-bond donors (Lipinski definition) is 1. The van der Waals surface area contributed by atoms with Gasteiger partial charge in [-0.15, -0.1) is 0 Å². The van der Waals surface area contributed by atoms with Gasteiger partial charge in [-0.2, -0.15) is 15.1 Å². The Morgan fingerprint density at radius 3 is 2.23 bits per heavy atom. The van der Waals surface area contributed by atoms with Crippen molar-refractivity contribution in [2.24, 2.45) is 10.1 Å². The summed E-state index contributed by atoms with van der Waals surface area (Å²) in [6, 6.07) is 15.7. The highest BCUT2D eigenvalue weighted by molar-refractivity contribution is 8.26. The number of fused-ring (bicyclic) bond motifs is 1. The van der Waals surface area contributed by atoms with E-state index < -0.39 is 5.91 Å². The van der Waals surface area contributed by atoms with Crippen LogP contribution in [0.5, 0.6) is 11.5 Å². The molecule has 0 saturated carbocycles. The number of carbonyl (C=O) groups excluding carboxylic acids is 1. The largest absolute Gasteiger partial charge is 0.490 e. The fraction of sp³-hybridized carbons (Fsp3) is 0.419. The third-order valence-electron chi connectivity index (χ3n) is 6.86. The predicted octanol–water partition coefficient (Wildman–Crippen LogP) is 7.64. The molecule has 0 bridgehead atoms. The molecule has 2 aromatic carbocycles. The average molecular weight is 547 g/mol. The molecule has 1 atom stereocenters. The number of hydrazone groups is 1. The number of carbonyl (C=O) groups is 1. The van der Waals surface area contributed by atoms with Gasteiger partial charge in [0.05, 0.1) is 5.57 Å². The number of amides is 1. The van der Waals surface area contributed by atoms with Crippen LogP contribution in [0.2, 0.25) is 0 Å². The van der Waals surface area contributed by atoms with E-state index in [1.165, 1.54) is 48.0 Å². The van der Waals surface area contributed by atoms with E-state index in [0.717, 1.165) is 35.6 Å². The number of amidine groups is 2. The molecule has 0 saturated heterocycles. The second-order valence-electron chi connectivity index (χ2n) is 9.82. The maximum absolute atomic E-state index is 12.7. The predicted molar refractivity (Wildman–Crippen MR) is 161 cm³/mol. The smallest absolute Gasteiger partial charge is 0.283 e. The van der Waals surface area contributed by atoms with E-state index in [-0.39, 0.29) is 11.4 Å². The van der Waals surface area contributed by atoms with Gasteiger partial charge in [0.15, 0.2) is 5.84 Å². The summed E-state index contributed by atoms with van der Waals surface area (Å²) in [4.78, 5) is 16.9. The Balaban J connectivity index is 1.27. The Kier molecular flexibility index (Phi) is 10.4. The van der Waals surface area contributed by atoms with Gasteiger partial charge in [-0.25, -0.2) is 0 Å². The van der Waals surface area contributed by atoms with E-state index in [9.17, 15) is 4.79 Å². The summed E-state index contributed by atoms with van der Waals surface area (Å²) in [5, 5.41) is 16.0. The fourth-order valence-electron chi connectivity index (χ4n) is 4.29. The van der Waals surface area contributed by atoms with Gasteiger partial charge in [0.1, 0.15) is 29.8 Å². The molecule has 39 heavy (non-hydrogen) atoms. The molecule has 1 N–H and O–H groups in total. The standard InChI is InChI=1S/C31H38N4O3S/c1-4-6-7-8-9-10-28-34-35-29(32)27(30(36)33-31(35)39-28)21-23-11-15-25(16-12-23)37-19-20-38-26-17-13-24(14-18-26)22(3)5-2/h11-18,21-22,32H,4-10,19-20H2,1-3H3/b27-21-,32-29?. The van der Waals surface area contributed by atoms with Gasteiger partial charge < -0.3 is 9.47 Å². The molecule has 1 unspecified atom stereocenters. The van der Waals surface area contributed by atoms with Crippen molar-refractivity contribution < 1.29 is 14.3 Å². The molecule has 0 fully saturated rings. The summed E-state index contributed by atoms with van der Waals surface area (Å²) in [7, 11) is 0. The van der Waals surface area contributed by atoms with Gasteiger partial charge in [0.2, 0.25) is 5.17 Å². The molecule has 2 aromatic rings. The molecular formula is C31H38N4O3S. The summed E-state index contributed by atoms with van der Waals surface area (Å²) in [6.45, 7) is 7.47. The molecular weight excluding hydrogens is 508 g/mol. The topological polar surface area (TPSA) is 87.3 Å². The Labute approximate surface area is 235 Å². The zero-order valence-electron chi connectivity index (χ0n) is 23.1. The summed E-state index contributed by atoms with van der Waals surface area (Å²) in [5.41, 5.74) is 2.34. The van der Waals surface area contributed by atoms with E-state index in [1.54, 1.807) is 6.08 Å². The van der Waals surface area contributed by atoms with E-state index >= 15 is 0 Å². The first-order chi connectivity index (χ1) is 19.0. The van der Waals surface area contributed by atoms with Crippen LogP contribution in [-0.4, -0.2) is 40.2 Å². The van der Waals surface area contributed by atoms with E-state index in [0.29, 0.717) is 30.0 Å². The van der Waals surface area contributed by atoms with Crippen LogP contribution in [0.1, 0.15) is 82.8 Å². The first-order valence-electron chi connectivity index (χ1n) is 13.9. The fourth-order valence-corrected chi connectivity index (χ4v) is 5.21. The van der Waals surface area contributed by atoms with Crippen molar-refractivity contribution in [3.63, 3.8) is 0 Å². The monoisotopic (exact) mass is 546 g/mol. The minimum Gasteiger partial charge on any atom is -0.490 e. The SMILES string of the molecule is CCCCCCCC1=NN2C(=N)/C(=C/c3ccc(OCCOc4ccc(C(C)CC)cc4)cc3)C(=O)N=C2S1. The minimum atomic E-state index is -0.409. The number of rotatable bonds is 14. The third kappa shape index (κ3) is 7.82. The van der Waals surface area contributed by atoms with Crippen molar-refractivity contribution in [3.05, 3.63) is 65.2 Å². The molecule has 2 heterocycles. The van der Waals surface area contributed by atoms with Crippen molar-refractivity contribution in [3.8, 4) is 11.5 Å². The number of nitrogens with one attached hydrogen (secondary N) is 1. The highest BCUT2D eigenvalue weighted by atomic mass is 32.2. The highest BCUT2D eigenvalue weighted by Crippen LogP contribution is 2.30. The zero-order valence-corrected chi connectivity index (χ0v) is 23.9. The minimum absolute atomic E-state index is 0.0631. The maximum atomic E-state index is 12.7. The summed E-state index contributed by atoms with van der Waals surface area (Å²) in [6.07, 6.45) is 9.57. The number of benzene rings is 2. The van der Waals surface area contributed by atoms with Gasteiger partial charge >= 0.3 is 0 Å². The van der Waals surface area contributed by atoms with Crippen LogP contribution in [0, 0.1) is 5.41 Å². The molecule has 7 nitrogen and oxygen atoms in total. The molecule has 2 aliphatic heterocycles. The molecule has 0 aromatic heterocycles.